The summed E-state index contributed by atoms with van der Waals surface area (Å²) in [6.07, 6.45) is 1.58. The summed E-state index contributed by atoms with van der Waals surface area (Å²) in [5.41, 5.74) is 1.32. The minimum atomic E-state index is -0.710. The minimum absolute atomic E-state index is 0.100. The van der Waals surface area contributed by atoms with E-state index in [0.717, 1.165) is 54.6 Å². The fraction of sp³-hybridized carbons (Fsp3) is 0.375. The molecule has 3 aromatic carbocycles. The van der Waals surface area contributed by atoms with Gasteiger partial charge in [0, 0.05) is 12.1 Å². The van der Waals surface area contributed by atoms with Crippen molar-refractivity contribution >= 4 is 28.2 Å². The van der Waals surface area contributed by atoms with E-state index >= 15 is 0 Å². The molecule has 3 aromatic rings. The lowest BCUT2D eigenvalue weighted by molar-refractivity contribution is -0.140. The summed E-state index contributed by atoms with van der Waals surface area (Å²) < 4.78 is 11.2. The van der Waals surface area contributed by atoms with Crippen molar-refractivity contribution in [3.8, 4) is 11.5 Å². The number of ketones is 1. The second-order valence-corrected chi connectivity index (χ2v) is 9.72. The van der Waals surface area contributed by atoms with Gasteiger partial charge in [0.05, 0.1) is 25.3 Å². The summed E-state index contributed by atoms with van der Waals surface area (Å²) in [6, 6.07) is 17.9. The molecule has 0 spiro atoms. The highest BCUT2D eigenvalue weighted by Gasteiger charge is 2.46. The Morgan fingerprint density at radius 1 is 0.949 bits per heavy atom. The van der Waals surface area contributed by atoms with Crippen LogP contribution in [0.2, 0.25) is 0 Å². The normalized spacial score (nSPS) is 16.8. The van der Waals surface area contributed by atoms with Crippen LogP contribution in [0.5, 0.6) is 11.5 Å². The zero-order chi connectivity index (χ0) is 27.9. The third-order valence-corrected chi connectivity index (χ3v) is 7.28. The monoisotopic (exact) mass is 530 g/mol. The maximum absolute atomic E-state index is 13.5. The standard InChI is InChI=1S/C32H38N2O5/c1-5-18-39-27-11-8-10-24(21-27)29-28(31(36)32(37)34(29)17-9-16-33(6-2)7-3)30(35)25-13-12-23-20-26(38-4)15-14-22(23)19-25/h8,10-15,19-21,29,35H,5-7,9,16-18H2,1-4H3/b30-28+. The number of fused-ring (bicyclic) bond motifs is 1. The Balaban J connectivity index is 1.77. The molecule has 1 atom stereocenters. The van der Waals surface area contributed by atoms with Crippen LogP contribution >= 0.6 is 0 Å². The number of ether oxygens (including phenoxy) is 2. The van der Waals surface area contributed by atoms with Crippen molar-refractivity contribution in [2.45, 2.75) is 39.7 Å². The van der Waals surface area contributed by atoms with E-state index in [1.807, 2.05) is 61.5 Å². The van der Waals surface area contributed by atoms with E-state index in [2.05, 4.69) is 18.7 Å². The molecule has 1 N–H and O–H groups in total. The predicted molar refractivity (Wildman–Crippen MR) is 154 cm³/mol. The number of carbonyl (C=O) groups excluding carboxylic acids is 2. The van der Waals surface area contributed by atoms with E-state index in [1.54, 1.807) is 18.1 Å². The zero-order valence-electron chi connectivity index (χ0n) is 23.3. The molecule has 1 amide bonds. The molecule has 0 aliphatic carbocycles. The topological polar surface area (TPSA) is 79.3 Å². The average Bonchev–Trinajstić information content (AvgIpc) is 3.22. The Morgan fingerprint density at radius 3 is 2.41 bits per heavy atom. The first-order valence-corrected chi connectivity index (χ1v) is 13.7. The largest absolute Gasteiger partial charge is 0.507 e. The van der Waals surface area contributed by atoms with Crippen molar-refractivity contribution in [2.24, 2.45) is 0 Å². The van der Waals surface area contributed by atoms with Crippen LogP contribution < -0.4 is 9.47 Å². The van der Waals surface area contributed by atoms with Gasteiger partial charge in [-0.2, -0.15) is 0 Å². The molecule has 1 unspecified atom stereocenters. The fourth-order valence-electron chi connectivity index (χ4n) is 5.11. The third kappa shape index (κ3) is 6.09. The second-order valence-electron chi connectivity index (χ2n) is 9.72. The molecule has 0 aromatic heterocycles. The van der Waals surface area contributed by atoms with Crippen molar-refractivity contribution < 1.29 is 24.2 Å². The van der Waals surface area contributed by atoms with E-state index in [1.165, 1.54) is 0 Å². The molecule has 0 saturated carbocycles. The van der Waals surface area contributed by atoms with Crippen LogP contribution in [0.15, 0.2) is 66.2 Å². The molecule has 1 saturated heterocycles. The SMILES string of the molecule is CCCOc1cccc(C2/C(=C(\O)c3ccc4cc(OC)ccc4c3)C(=O)C(=O)N2CCCN(CC)CC)c1. The lowest BCUT2D eigenvalue weighted by Gasteiger charge is -2.27. The van der Waals surface area contributed by atoms with E-state index in [9.17, 15) is 14.7 Å². The van der Waals surface area contributed by atoms with Crippen LogP contribution in [-0.4, -0.2) is 66.5 Å². The maximum Gasteiger partial charge on any atom is 0.295 e. The Hall–Kier alpha value is -3.84. The molecule has 1 aliphatic rings. The Morgan fingerprint density at radius 2 is 1.69 bits per heavy atom. The predicted octanol–water partition coefficient (Wildman–Crippen LogP) is 5.79. The van der Waals surface area contributed by atoms with Crippen molar-refractivity contribution in [3.63, 3.8) is 0 Å². The van der Waals surface area contributed by atoms with Crippen LogP contribution in [0.3, 0.4) is 0 Å². The second kappa shape index (κ2) is 12.8. The Kier molecular flexibility index (Phi) is 9.25. The number of hydrogen-bond acceptors (Lipinski definition) is 6. The molecule has 1 aliphatic heterocycles. The van der Waals surface area contributed by atoms with Crippen molar-refractivity contribution in [1.29, 1.82) is 0 Å². The number of Topliss-reactive ketones (excluding diaryl/α,β-unsaturated/α-hetero) is 1. The summed E-state index contributed by atoms with van der Waals surface area (Å²) in [5, 5.41) is 13.4. The van der Waals surface area contributed by atoms with Crippen LogP contribution in [0.4, 0.5) is 0 Å². The Bertz CT molecular complexity index is 1360. The molecule has 0 bridgehead atoms. The van der Waals surface area contributed by atoms with Gasteiger partial charge < -0.3 is 24.4 Å². The molecule has 0 radical (unpaired) electrons. The first-order chi connectivity index (χ1) is 18.9. The van der Waals surface area contributed by atoms with E-state index in [0.29, 0.717) is 24.5 Å². The average molecular weight is 531 g/mol. The number of aliphatic hydroxyl groups excluding tert-OH is 1. The molecular formula is C32H38N2O5. The fourth-order valence-corrected chi connectivity index (χ4v) is 5.11. The van der Waals surface area contributed by atoms with Gasteiger partial charge in [-0.25, -0.2) is 0 Å². The third-order valence-electron chi connectivity index (χ3n) is 7.28. The first-order valence-electron chi connectivity index (χ1n) is 13.7. The molecule has 7 nitrogen and oxygen atoms in total. The quantitative estimate of drug-likeness (QED) is 0.181. The molecule has 206 valence electrons. The first kappa shape index (κ1) is 28.2. The van der Waals surface area contributed by atoms with Gasteiger partial charge in [-0.15, -0.1) is 0 Å². The van der Waals surface area contributed by atoms with Gasteiger partial charge in [-0.1, -0.05) is 51.1 Å². The minimum Gasteiger partial charge on any atom is -0.507 e. The molecular weight excluding hydrogens is 492 g/mol. The molecule has 1 heterocycles. The highest BCUT2D eigenvalue weighted by Crippen LogP contribution is 2.40. The van der Waals surface area contributed by atoms with Gasteiger partial charge in [0.1, 0.15) is 17.3 Å². The number of aliphatic hydroxyl groups is 1. The molecule has 39 heavy (non-hydrogen) atoms. The Labute approximate surface area is 230 Å². The van der Waals surface area contributed by atoms with Gasteiger partial charge in [-0.05, 0) is 79.1 Å². The van der Waals surface area contributed by atoms with Gasteiger partial charge in [0.25, 0.3) is 11.7 Å². The number of amides is 1. The summed E-state index contributed by atoms with van der Waals surface area (Å²) in [5.74, 6) is -0.0357. The number of hydrogen-bond donors (Lipinski definition) is 1. The number of rotatable bonds is 12. The molecule has 4 rings (SSSR count). The summed E-state index contributed by atoms with van der Waals surface area (Å²) in [7, 11) is 1.62. The maximum atomic E-state index is 13.5. The van der Waals surface area contributed by atoms with E-state index < -0.39 is 17.7 Å². The van der Waals surface area contributed by atoms with Gasteiger partial charge in [-0.3, -0.25) is 9.59 Å². The smallest absolute Gasteiger partial charge is 0.295 e. The molecule has 1 fully saturated rings. The van der Waals surface area contributed by atoms with Gasteiger partial charge in [0.15, 0.2) is 0 Å². The summed E-state index contributed by atoms with van der Waals surface area (Å²) in [6.45, 7) is 9.88. The van der Waals surface area contributed by atoms with Gasteiger partial charge >= 0.3 is 0 Å². The number of benzene rings is 3. The van der Waals surface area contributed by atoms with Crippen molar-refractivity contribution in [1.82, 2.24) is 9.80 Å². The van der Waals surface area contributed by atoms with Gasteiger partial charge in [0.2, 0.25) is 0 Å². The van der Waals surface area contributed by atoms with E-state index in [4.69, 9.17) is 9.47 Å². The molecule has 7 heteroatoms. The summed E-state index contributed by atoms with van der Waals surface area (Å²) >= 11 is 0. The van der Waals surface area contributed by atoms with Crippen LogP contribution in [0.1, 0.15) is 50.8 Å². The number of nitrogens with zero attached hydrogens (tertiary/aromatic N) is 2. The van der Waals surface area contributed by atoms with Crippen LogP contribution in [0, 0.1) is 0 Å². The van der Waals surface area contributed by atoms with Crippen LogP contribution in [0.25, 0.3) is 16.5 Å². The highest BCUT2D eigenvalue weighted by atomic mass is 16.5. The van der Waals surface area contributed by atoms with Crippen molar-refractivity contribution in [2.75, 3.05) is 39.9 Å². The van der Waals surface area contributed by atoms with E-state index in [-0.39, 0.29) is 11.3 Å². The van der Waals surface area contributed by atoms with Crippen LogP contribution in [-0.2, 0) is 9.59 Å². The number of likely N-dealkylation sites (tertiary alicyclic amines) is 1. The lowest BCUT2D eigenvalue weighted by Crippen LogP contribution is -2.33. The lowest BCUT2D eigenvalue weighted by atomic mass is 9.94. The van der Waals surface area contributed by atoms with Crippen molar-refractivity contribution in [3.05, 3.63) is 77.4 Å². The number of methoxy groups -OCH3 is 1. The zero-order valence-corrected chi connectivity index (χ0v) is 23.3. The summed E-state index contributed by atoms with van der Waals surface area (Å²) in [4.78, 5) is 30.7. The number of carbonyl (C=O) groups is 2. The highest BCUT2D eigenvalue weighted by molar-refractivity contribution is 6.46.